The Morgan fingerprint density at radius 1 is 1.06 bits per heavy atom. The van der Waals surface area contributed by atoms with Crippen molar-refractivity contribution in [1.82, 2.24) is 4.98 Å². The molecule has 0 atom stereocenters. The Morgan fingerprint density at radius 3 is 2.63 bits per heavy atom. The molecule has 5 rings (SSSR count). The van der Waals surface area contributed by atoms with Crippen LogP contribution < -0.4 is 15.6 Å². The number of halogens is 2. The highest BCUT2D eigenvalue weighted by atomic mass is 35.5. The van der Waals surface area contributed by atoms with E-state index in [9.17, 15) is 4.79 Å². The molecule has 0 aliphatic carbocycles. The number of ether oxygens (including phenoxy) is 1. The first kappa shape index (κ1) is 23.1. The Labute approximate surface area is 214 Å². The summed E-state index contributed by atoms with van der Waals surface area (Å²) in [5.41, 5.74) is 3.06. The van der Waals surface area contributed by atoms with Gasteiger partial charge in [-0.05, 0) is 54.6 Å². The standard InChI is InChI=1S/C26H17Cl2N3O3S/c1-33-18-9-7-17(8-10-18)29-25-20(12-15-4-2-3-5-23(15)34-25)24(32)31-26-30-22(14-35-26)19-11-6-16(27)13-21(19)28/h2-14H,1H3,(H,30,31,32). The molecule has 0 aliphatic rings. The summed E-state index contributed by atoms with van der Waals surface area (Å²) >= 11 is 13.6. The van der Waals surface area contributed by atoms with Crippen LogP contribution in [0.3, 0.4) is 0 Å². The number of nitrogens with one attached hydrogen (secondary N) is 1. The van der Waals surface area contributed by atoms with Crippen molar-refractivity contribution in [3.05, 3.63) is 99.3 Å². The van der Waals surface area contributed by atoms with Crippen molar-refractivity contribution in [3.63, 3.8) is 0 Å². The smallest absolute Gasteiger partial charge is 0.262 e. The number of thiazole rings is 1. The molecule has 35 heavy (non-hydrogen) atoms. The molecule has 1 N–H and O–H groups in total. The van der Waals surface area contributed by atoms with E-state index in [-0.39, 0.29) is 11.1 Å². The zero-order chi connectivity index (χ0) is 24.4. The van der Waals surface area contributed by atoms with Crippen LogP contribution in [0.4, 0.5) is 10.8 Å². The van der Waals surface area contributed by atoms with Gasteiger partial charge in [-0.15, -0.1) is 11.3 Å². The summed E-state index contributed by atoms with van der Waals surface area (Å²) in [6.07, 6.45) is 0. The zero-order valence-corrected chi connectivity index (χ0v) is 20.6. The summed E-state index contributed by atoms with van der Waals surface area (Å²) in [7, 11) is 1.60. The molecule has 0 radical (unpaired) electrons. The second-order valence-electron chi connectivity index (χ2n) is 7.43. The van der Waals surface area contributed by atoms with Crippen molar-refractivity contribution in [2.45, 2.75) is 0 Å². The molecule has 0 bridgehead atoms. The summed E-state index contributed by atoms with van der Waals surface area (Å²) in [5.74, 6) is 0.313. The highest BCUT2D eigenvalue weighted by Crippen LogP contribution is 2.32. The molecular formula is C26H17Cl2N3O3S. The Bertz CT molecular complexity index is 1610. The lowest BCUT2D eigenvalue weighted by Crippen LogP contribution is -2.21. The maximum absolute atomic E-state index is 13.3. The maximum Gasteiger partial charge on any atom is 0.262 e. The molecule has 9 heteroatoms. The van der Waals surface area contributed by atoms with Gasteiger partial charge in [0.25, 0.3) is 5.91 Å². The molecule has 2 aromatic heterocycles. The summed E-state index contributed by atoms with van der Waals surface area (Å²) in [5, 5.41) is 6.88. The predicted octanol–water partition coefficient (Wildman–Crippen LogP) is 7.36. The van der Waals surface area contributed by atoms with Gasteiger partial charge in [-0.2, -0.15) is 0 Å². The highest BCUT2D eigenvalue weighted by molar-refractivity contribution is 7.14. The average molecular weight is 522 g/mol. The third-order valence-electron chi connectivity index (χ3n) is 5.14. The van der Waals surface area contributed by atoms with Crippen LogP contribution in [-0.2, 0) is 0 Å². The number of anilines is 1. The molecule has 5 aromatic rings. The van der Waals surface area contributed by atoms with E-state index in [4.69, 9.17) is 32.4 Å². The van der Waals surface area contributed by atoms with Crippen LogP contribution >= 0.6 is 34.5 Å². The fourth-order valence-electron chi connectivity index (χ4n) is 3.41. The minimum atomic E-state index is -0.394. The van der Waals surface area contributed by atoms with Gasteiger partial charge in [0.05, 0.1) is 23.5 Å². The van der Waals surface area contributed by atoms with E-state index < -0.39 is 5.91 Å². The number of rotatable bonds is 5. The van der Waals surface area contributed by atoms with E-state index in [2.05, 4.69) is 15.3 Å². The number of aromatic nitrogens is 1. The minimum Gasteiger partial charge on any atom is -0.497 e. The predicted molar refractivity (Wildman–Crippen MR) is 140 cm³/mol. The lowest BCUT2D eigenvalue weighted by atomic mass is 10.1. The Balaban J connectivity index is 1.51. The molecular weight excluding hydrogens is 505 g/mol. The first-order valence-electron chi connectivity index (χ1n) is 10.4. The monoisotopic (exact) mass is 521 g/mol. The molecule has 6 nitrogen and oxygen atoms in total. The number of para-hydroxylation sites is 1. The SMILES string of the molecule is COc1ccc(N=c2oc3ccccc3cc2C(=O)Nc2nc(-c3ccc(Cl)cc3Cl)cs2)cc1. The topological polar surface area (TPSA) is 76.7 Å². The van der Waals surface area contributed by atoms with Crippen molar-refractivity contribution >= 4 is 62.2 Å². The van der Waals surface area contributed by atoms with E-state index in [1.54, 1.807) is 55.6 Å². The summed E-state index contributed by atoms with van der Waals surface area (Å²) in [6, 6.07) is 21.5. The van der Waals surface area contributed by atoms with Gasteiger partial charge in [0.2, 0.25) is 5.55 Å². The Morgan fingerprint density at radius 2 is 1.86 bits per heavy atom. The van der Waals surface area contributed by atoms with Crippen molar-refractivity contribution in [2.24, 2.45) is 4.99 Å². The molecule has 3 aromatic carbocycles. The number of methoxy groups -OCH3 is 1. The van der Waals surface area contributed by atoms with Crippen molar-refractivity contribution in [2.75, 3.05) is 12.4 Å². The molecule has 0 spiro atoms. The van der Waals surface area contributed by atoms with Gasteiger partial charge in [-0.3, -0.25) is 10.1 Å². The van der Waals surface area contributed by atoms with Crippen LogP contribution in [0.15, 0.2) is 87.6 Å². The number of carbonyl (C=O) groups is 1. The molecule has 174 valence electrons. The van der Waals surface area contributed by atoms with E-state index in [1.165, 1.54) is 11.3 Å². The fraction of sp³-hybridized carbons (Fsp3) is 0.0385. The number of hydrogen-bond donors (Lipinski definition) is 1. The number of fused-ring (bicyclic) bond motifs is 1. The third kappa shape index (κ3) is 5.07. The molecule has 1 amide bonds. The number of amides is 1. The first-order chi connectivity index (χ1) is 17.0. The minimum absolute atomic E-state index is 0.184. The van der Waals surface area contributed by atoms with E-state index >= 15 is 0 Å². The van der Waals surface area contributed by atoms with Gasteiger partial charge >= 0.3 is 0 Å². The van der Waals surface area contributed by atoms with Crippen LogP contribution in [-0.4, -0.2) is 18.0 Å². The second-order valence-corrected chi connectivity index (χ2v) is 9.13. The number of hydrogen-bond acceptors (Lipinski definition) is 6. The number of carbonyl (C=O) groups excluding carboxylic acids is 1. The van der Waals surface area contributed by atoms with Crippen LogP contribution in [0.1, 0.15) is 10.4 Å². The second kappa shape index (κ2) is 9.92. The largest absolute Gasteiger partial charge is 0.497 e. The van der Waals surface area contributed by atoms with Crippen LogP contribution in [0, 0.1) is 0 Å². The van der Waals surface area contributed by atoms with Gasteiger partial charge in [0.1, 0.15) is 16.9 Å². The van der Waals surface area contributed by atoms with Crippen molar-refractivity contribution in [3.8, 4) is 17.0 Å². The van der Waals surface area contributed by atoms with Crippen molar-refractivity contribution in [1.29, 1.82) is 0 Å². The van der Waals surface area contributed by atoms with Gasteiger partial charge in [0, 0.05) is 21.4 Å². The molecule has 0 aliphatic heterocycles. The third-order valence-corrected chi connectivity index (χ3v) is 6.44. The number of benzene rings is 3. The average Bonchev–Trinajstić information content (AvgIpc) is 3.32. The quantitative estimate of drug-likeness (QED) is 0.262. The molecule has 0 fully saturated rings. The number of nitrogens with zero attached hydrogens (tertiary/aromatic N) is 2. The van der Waals surface area contributed by atoms with Gasteiger partial charge in [0.15, 0.2) is 5.13 Å². The molecule has 0 saturated carbocycles. The van der Waals surface area contributed by atoms with Crippen LogP contribution in [0.25, 0.3) is 22.2 Å². The summed E-state index contributed by atoms with van der Waals surface area (Å²) in [4.78, 5) is 22.4. The zero-order valence-electron chi connectivity index (χ0n) is 18.3. The van der Waals surface area contributed by atoms with Gasteiger partial charge in [-0.25, -0.2) is 9.98 Å². The van der Waals surface area contributed by atoms with Crippen molar-refractivity contribution < 1.29 is 13.9 Å². The molecule has 0 saturated heterocycles. The molecule has 0 unspecified atom stereocenters. The van der Waals surface area contributed by atoms with Gasteiger partial charge in [-0.1, -0.05) is 41.4 Å². The first-order valence-corrected chi connectivity index (χ1v) is 12.1. The lowest BCUT2D eigenvalue weighted by molar-refractivity contribution is 0.102. The summed E-state index contributed by atoms with van der Waals surface area (Å²) in [6.45, 7) is 0. The van der Waals surface area contributed by atoms with Crippen LogP contribution in [0.2, 0.25) is 10.0 Å². The summed E-state index contributed by atoms with van der Waals surface area (Å²) < 4.78 is 11.2. The maximum atomic E-state index is 13.3. The Kier molecular flexibility index (Phi) is 6.55. The highest BCUT2D eigenvalue weighted by Gasteiger charge is 2.16. The van der Waals surface area contributed by atoms with E-state index in [0.29, 0.717) is 37.9 Å². The Hall–Kier alpha value is -3.65. The lowest BCUT2D eigenvalue weighted by Gasteiger charge is -2.05. The normalized spacial score (nSPS) is 11.6. The van der Waals surface area contributed by atoms with E-state index in [0.717, 1.165) is 10.9 Å². The van der Waals surface area contributed by atoms with Crippen LogP contribution in [0.5, 0.6) is 5.75 Å². The fourth-order valence-corrected chi connectivity index (χ4v) is 4.62. The van der Waals surface area contributed by atoms with E-state index in [1.807, 2.05) is 29.6 Å². The van der Waals surface area contributed by atoms with Gasteiger partial charge < -0.3 is 9.15 Å². The molecule has 2 heterocycles.